The topological polar surface area (TPSA) is 77.5 Å². The van der Waals surface area contributed by atoms with Crippen molar-refractivity contribution in [2.45, 2.75) is 13.3 Å². The highest BCUT2D eigenvalue weighted by molar-refractivity contribution is 7.17. The third kappa shape index (κ3) is 3.82. The van der Waals surface area contributed by atoms with Crippen LogP contribution in [0.15, 0.2) is 24.3 Å². The molecule has 22 heavy (non-hydrogen) atoms. The van der Waals surface area contributed by atoms with E-state index in [9.17, 15) is 9.59 Å². The van der Waals surface area contributed by atoms with E-state index in [-0.39, 0.29) is 12.3 Å². The molecule has 1 heterocycles. The lowest BCUT2D eigenvalue weighted by atomic mass is 10.1. The van der Waals surface area contributed by atoms with Crippen molar-refractivity contribution in [2.24, 2.45) is 0 Å². The van der Waals surface area contributed by atoms with E-state index < -0.39 is 5.97 Å². The molecule has 1 amide bonds. The number of carbonyl (C=O) groups excluding carboxylic acids is 2. The Kier molecular flexibility index (Phi) is 5.11. The standard InChI is InChI=1S/C15H16N2O4S/c1-9-13(14(19)21-3)22-15(16-9)17-12(18)8-10-4-6-11(20-2)7-5-10/h4-7H,8H2,1-3H3,(H,16,17,18). The van der Waals surface area contributed by atoms with Gasteiger partial charge in [-0.2, -0.15) is 0 Å². The quantitative estimate of drug-likeness (QED) is 0.856. The highest BCUT2D eigenvalue weighted by Gasteiger charge is 2.16. The number of rotatable bonds is 5. The van der Waals surface area contributed by atoms with Crippen LogP contribution in [0.2, 0.25) is 0 Å². The van der Waals surface area contributed by atoms with E-state index in [0.717, 1.165) is 22.6 Å². The zero-order valence-electron chi connectivity index (χ0n) is 12.5. The van der Waals surface area contributed by atoms with E-state index in [1.165, 1.54) is 7.11 Å². The molecule has 0 aliphatic rings. The maximum absolute atomic E-state index is 12.0. The van der Waals surface area contributed by atoms with Gasteiger partial charge in [-0.1, -0.05) is 23.5 Å². The zero-order chi connectivity index (χ0) is 16.1. The van der Waals surface area contributed by atoms with Gasteiger partial charge in [-0.3, -0.25) is 4.79 Å². The van der Waals surface area contributed by atoms with Crippen LogP contribution in [-0.2, 0) is 16.0 Å². The van der Waals surface area contributed by atoms with Crippen LogP contribution in [0.1, 0.15) is 20.9 Å². The fourth-order valence-electron chi connectivity index (χ4n) is 1.82. The van der Waals surface area contributed by atoms with Crippen LogP contribution in [0.5, 0.6) is 5.75 Å². The number of carbonyl (C=O) groups is 2. The van der Waals surface area contributed by atoms with Gasteiger partial charge in [0.25, 0.3) is 0 Å². The van der Waals surface area contributed by atoms with E-state index in [2.05, 4.69) is 15.0 Å². The molecule has 0 saturated carbocycles. The summed E-state index contributed by atoms with van der Waals surface area (Å²) in [5, 5.41) is 3.07. The van der Waals surface area contributed by atoms with Crippen molar-refractivity contribution in [3.63, 3.8) is 0 Å². The summed E-state index contributed by atoms with van der Waals surface area (Å²) >= 11 is 1.10. The van der Waals surface area contributed by atoms with E-state index in [4.69, 9.17) is 4.74 Å². The molecule has 1 aromatic heterocycles. The van der Waals surface area contributed by atoms with Gasteiger partial charge in [0.05, 0.1) is 26.3 Å². The molecule has 1 aromatic carbocycles. The summed E-state index contributed by atoms with van der Waals surface area (Å²) in [6.07, 6.45) is 0.218. The van der Waals surface area contributed by atoms with Crippen molar-refractivity contribution in [3.05, 3.63) is 40.4 Å². The summed E-state index contributed by atoms with van der Waals surface area (Å²) in [6, 6.07) is 7.24. The first-order valence-corrected chi connectivity index (χ1v) is 7.33. The molecule has 2 rings (SSSR count). The average molecular weight is 320 g/mol. The van der Waals surface area contributed by atoms with Crippen LogP contribution in [-0.4, -0.2) is 31.1 Å². The molecule has 0 fully saturated rings. The van der Waals surface area contributed by atoms with Crippen molar-refractivity contribution >= 4 is 28.3 Å². The Bertz CT molecular complexity index is 679. The van der Waals surface area contributed by atoms with Gasteiger partial charge in [-0.25, -0.2) is 9.78 Å². The van der Waals surface area contributed by atoms with Crippen molar-refractivity contribution in [1.29, 1.82) is 0 Å². The molecule has 0 aliphatic carbocycles. The zero-order valence-corrected chi connectivity index (χ0v) is 13.3. The SMILES string of the molecule is COC(=O)c1sc(NC(=O)Cc2ccc(OC)cc2)nc1C. The Morgan fingerprint density at radius 1 is 1.23 bits per heavy atom. The Hall–Kier alpha value is -2.41. The Balaban J connectivity index is 2.01. The van der Waals surface area contributed by atoms with Gasteiger partial charge in [0.15, 0.2) is 5.13 Å². The second kappa shape index (κ2) is 7.04. The molecule has 2 aromatic rings. The van der Waals surface area contributed by atoms with Crippen molar-refractivity contribution in [1.82, 2.24) is 4.98 Å². The fraction of sp³-hybridized carbons (Fsp3) is 0.267. The first-order chi connectivity index (χ1) is 10.5. The largest absolute Gasteiger partial charge is 0.497 e. The Labute approximate surface area is 132 Å². The third-order valence-corrected chi connectivity index (χ3v) is 3.99. The molecule has 0 atom stereocenters. The number of aromatic nitrogens is 1. The van der Waals surface area contributed by atoms with E-state index in [1.807, 2.05) is 12.1 Å². The number of anilines is 1. The summed E-state index contributed by atoms with van der Waals surface area (Å²) < 4.78 is 9.73. The van der Waals surface area contributed by atoms with Crippen molar-refractivity contribution < 1.29 is 19.1 Å². The molecule has 0 bridgehead atoms. The van der Waals surface area contributed by atoms with Gasteiger partial charge in [0, 0.05) is 0 Å². The van der Waals surface area contributed by atoms with E-state index >= 15 is 0 Å². The van der Waals surface area contributed by atoms with Crippen LogP contribution >= 0.6 is 11.3 Å². The molecular formula is C15H16N2O4S. The number of thiazole rings is 1. The second-order valence-corrected chi connectivity index (χ2v) is 5.50. The lowest BCUT2D eigenvalue weighted by molar-refractivity contribution is -0.115. The first-order valence-electron chi connectivity index (χ1n) is 6.52. The molecule has 0 spiro atoms. The number of amides is 1. The molecule has 0 radical (unpaired) electrons. The van der Waals surface area contributed by atoms with Gasteiger partial charge in [0.2, 0.25) is 5.91 Å². The van der Waals surface area contributed by atoms with Crippen LogP contribution in [0, 0.1) is 6.92 Å². The number of hydrogen-bond donors (Lipinski definition) is 1. The predicted molar refractivity (Wildman–Crippen MR) is 83.5 cm³/mol. The number of ether oxygens (including phenoxy) is 2. The Morgan fingerprint density at radius 2 is 1.91 bits per heavy atom. The van der Waals surface area contributed by atoms with Crippen molar-refractivity contribution in [2.75, 3.05) is 19.5 Å². The molecule has 116 valence electrons. The number of aryl methyl sites for hydroxylation is 1. The summed E-state index contributed by atoms with van der Waals surface area (Å²) in [4.78, 5) is 28.1. The number of nitrogens with one attached hydrogen (secondary N) is 1. The van der Waals surface area contributed by atoms with Crippen molar-refractivity contribution in [3.8, 4) is 5.75 Å². The van der Waals surface area contributed by atoms with E-state index in [1.54, 1.807) is 26.2 Å². The smallest absolute Gasteiger partial charge is 0.350 e. The molecule has 7 heteroatoms. The monoisotopic (exact) mass is 320 g/mol. The first kappa shape index (κ1) is 16.0. The normalized spacial score (nSPS) is 10.1. The minimum absolute atomic E-state index is 0.199. The van der Waals surface area contributed by atoms with E-state index in [0.29, 0.717) is 15.7 Å². The Morgan fingerprint density at radius 3 is 2.50 bits per heavy atom. The molecular weight excluding hydrogens is 304 g/mol. The number of benzene rings is 1. The highest BCUT2D eigenvalue weighted by Crippen LogP contribution is 2.23. The van der Waals surface area contributed by atoms with Gasteiger partial charge in [0.1, 0.15) is 10.6 Å². The predicted octanol–water partition coefficient (Wildman–Crippen LogP) is 2.43. The number of methoxy groups -OCH3 is 2. The van der Waals surface area contributed by atoms with Gasteiger partial charge in [-0.15, -0.1) is 0 Å². The number of hydrogen-bond acceptors (Lipinski definition) is 6. The average Bonchev–Trinajstić information content (AvgIpc) is 2.87. The van der Waals surface area contributed by atoms with Crippen LogP contribution in [0.3, 0.4) is 0 Å². The molecule has 0 aliphatic heterocycles. The summed E-state index contributed by atoms with van der Waals surface area (Å²) in [7, 11) is 2.90. The molecule has 0 saturated heterocycles. The van der Waals surface area contributed by atoms with Gasteiger partial charge in [-0.05, 0) is 24.6 Å². The summed E-state index contributed by atoms with van der Waals surface area (Å²) in [5.41, 5.74) is 1.40. The van der Waals surface area contributed by atoms with Crippen LogP contribution < -0.4 is 10.1 Å². The van der Waals surface area contributed by atoms with Crippen LogP contribution in [0.4, 0.5) is 5.13 Å². The second-order valence-electron chi connectivity index (χ2n) is 4.50. The molecule has 1 N–H and O–H groups in total. The van der Waals surface area contributed by atoms with Crippen LogP contribution in [0.25, 0.3) is 0 Å². The number of esters is 1. The summed E-state index contributed by atoms with van der Waals surface area (Å²) in [6.45, 7) is 1.70. The maximum atomic E-state index is 12.0. The minimum atomic E-state index is -0.453. The fourth-order valence-corrected chi connectivity index (χ4v) is 2.73. The summed E-state index contributed by atoms with van der Waals surface area (Å²) in [5.74, 6) is 0.0865. The van der Waals surface area contributed by atoms with Gasteiger partial charge < -0.3 is 14.8 Å². The molecule has 0 unspecified atom stereocenters. The minimum Gasteiger partial charge on any atom is -0.497 e. The lowest BCUT2D eigenvalue weighted by Gasteiger charge is -2.03. The maximum Gasteiger partial charge on any atom is 0.350 e. The molecule has 6 nitrogen and oxygen atoms in total. The third-order valence-electron chi connectivity index (χ3n) is 2.94. The number of nitrogens with zero attached hydrogens (tertiary/aromatic N) is 1. The van der Waals surface area contributed by atoms with Gasteiger partial charge >= 0.3 is 5.97 Å². The lowest BCUT2D eigenvalue weighted by Crippen LogP contribution is -2.14. The highest BCUT2D eigenvalue weighted by atomic mass is 32.1.